The molecule has 3 aromatic rings. The molecular formula is C23H23ClN4O5. The van der Waals surface area contributed by atoms with Gasteiger partial charge in [0.25, 0.3) is 5.91 Å². The number of benzene rings is 2. The van der Waals surface area contributed by atoms with E-state index in [1.165, 1.54) is 13.1 Å². The van der Waals surface area contributed by atoms with Crippen molar-refractivity contribution >= 4 is 40.9 Å². The van der Waals surface area contributed by atoms with E-state index in [1.54, 1.807) is 62.4 Å². The van der Waals surface area contributed by atoms with Crippen LogP contribution in [-0.4, -0.2) is 46.2 Å². The summed E-state index contributed by atoms with van der Waals surface area (Å²) < 4.78 is 5.16. The highest BCUT2D eigenvalue weighted by atomic mass is 35.5. The number of carboxylic acids is 1. The van der Waals surface area contributed by atoms with E-state index in [0.717, 1.165) is 4.90 Å². The zero-order valence-electron chi connectivity index (χ0n) is 18.2. The Hall–Kier alpha value is -3.85. The summed E-state index contributed by atoms with van der Waals surface area (Å²) in [5, 5.41) is 19.1. The summed E-state index contributed by atoms with van der Waals surface area (Å²) in [6.45, 7) is 3.44. The van der Waals surface area contributed by atoms with E-state index in [4.69, 9.17) is 16.1 Å². The molecule has 0 aliphatic carbocycles. The number of hydrogen-bond donors (Lipinski definition) is 3. The Morgan fingerprint density at radius 1 is 1.06 bits per heavy atom. The van der Waals surface area contributed by atoms with Crippen molar-refractivity contribution in [2.45, 2.75) is 19.9 Å². The smallest absolute Gasteiger partial charge is 0.326 e. The van der Waals surface area contributed by atoms with E-state index in [9.17, 15) is 19.5 Å². The number of nitrogens with zero attached hydrogens (tertiary/aromatic N) is 2. The van der Waals surface area contributed by atoms with Crippen LogP contribution in [0.4, 0.5) is 16.2 Å². The highest BCUT2D eigenvalue weighted by molar-refractivity contribution is 6.33. The van der Waals surface area contributed by atoms with Gasteiger partial charge in [-0.1, -0.05) is 54.9 Å². The Labute approximate surface area is 195 Å². The predicted molar refractivity (Wildman–Crippen MR) is 124 cm³/mol. The Balaban J connectivity index is 1.67. The molecule has 1 unspecified atom stereocenters. The van der Waals surface area contributed by atoms with Crippen LogP contribution in [0.5, 0.6) is 0 Å². The molecule has 0 saturated heterocycles. The molecule has 0 saturated carbocycles. The second-order valence-electron chi connectivity index (χ2n) is 7.66. The summed E-state index contributed by atoms with van der Waals surface area (Å²) in [6, 6.07) is 13.6. The number of rotatable bonds is 7. The van der Waals surface area contributed by atoms with Crippen molar-refractivity contribution in [3.63, 3.8) is 0 Å². The fraction of sp³-hybridized carbons (Fsp3) is 0.217. The van der Waals surface area contributed by atoms with Gasteiger partial charge >= 0.3 is 12.0 Å². The Morgan fingerprint density at radius 2 is 1.73 bits per heavy atom. The zero-order valence-corrected chi connectivity index (χ0v) is 19.0. The minimum Gasteiger partial charge on any atom is -0.480 e. The summed E-state index contributed by atoms with van der Waals surface area (Å²) in [5.41, 5.74) is 2.07. The molecule has 10 heteroatoms. The van der Waals surface area contributed by atoms with Gasteiger partial charge < -0.3 is 25.2 Å². The molecule has 0 spiro atoms. The van der Waals surface area contributed by atoms with Crippen molar-refractivity contribution in [2.24, 2.45) is 5.92 Å². The first kappa shape index (κ1) is 23.8. The van der Waals surface area contributed by atoms with Gasteiger partial charge in [0.15, 0.2) is 0 Å². The standard InChI is InChI=1S/C23H23ClN4O5/c1-13(2)20(22(30)31)28(3)21(29)19-12-18(27-33-19)14-8-10-15(11-9-14)25-23(32)26-17-7-5-4-6-16(17)24/h4-13,20H,1-3H3,(H,30,31)(H2,25,26,32). The normalized spacial score (nSPS) is 11.7. The summed E-state index contributed by atoms with van der Waals surface area (Å²) in [5.74, 6) is -2.03. The molecule has 0 aliphatic rings. The van der Waals surface area contributed by atoms with Crippen molar-refractivity contribution in [2.75, 3.05) is 17.7 Å². The Kier molecular flexibility index (Phi) is 7.34. The van der Waals surface area contributed by atoms with Gasteiger partial charge in [-0.05, 0) is 30.2 Å². The molecule has 3 N–H and O–H groups in total. The average Bonchev–Trinajstić information content (AvgIpc) is 3.25. The highest BCUT2D eigenvalue weighted by Gasteiger charge is 2.31. The van der Waals surface area contributed by atoms with Crippen molar-refractivity contribution in [1.82, 2.24) is 10.1 Å². The van der Waals surface area contributed by atoms with Crippen LogP contribution in [0.2, 0.25) is 5.02 Å². The molecule has 1 heterocycles. The number of amides is 3. The molecule has 9 nitrogen and oxygen atoms in total. The first-order valence-electron chi connectivity index (χ1n) is 10.1. The Bertz CT molecular complexity index is 1160. The van der Waals surface area contributed by atoms with Crippen molar-refractivity contribution in [1.29, 1.82) is 0 Å². The van der Waals surface area contributed by atoms with Crippen LogP contribution < -0.4 is 10.6 Å². The number of hydrogen-bond acceptors (Lipinski definition) is 5. The average molecular weight is 471 g/mol. The number of carboxylic acid groups (broad SMARTS) is 1. The fourth-order valence-corrected chi connectivity index (χ4v) is 3.46. The lowest BCUT2D eigenvalue weighted by molar-refractivity contribution is -0.143. The summed E-state index contributed by atoms with van der Waals surface area (Å²) >= 11 is 6.04. The number of aromatic nitrogens is 1. The molecule has 0 radical (unpaired) electrons. The molecule has 3 amide bonds. The Morgan fingerprint density at radius 3 is 2.33 bits per heavy atom. The van der Waals surface area contributed by atoms with Crippen LogP contribution in [0.25, 0.3) is 11.3 Å². The first-order valence-corrected chi connectivity index (χ1v) is 10.4. The molecule has 2 aromatic carbocycles. The number of aliphatic carboxylic acids is 1. The van der Waals surface area contributed by atoms with Gasteiger partial charge in [-0.15, -0.1) is 0 Å². The lowest BCUT2D eigenvalue weighted by atomic mass is 10.0. The van der Waals surface area contributed by atoms with Gasteiger partial charge in [0.05, 0.1) is 10.7 Å². The van der Waals surface area contributed by atoms with Crippen LogP contribution in [0.1, 0.15) is 24.4 Å². The number of nitrogens with one attached hydrogen (secondary N) is 2. The summed E-state index contributed by atoms with van der Waals surface area (Å²) in [7, 11) is 1.41. The van der Waals surface area contributed by atoms with Crippen molar-refractivity contribution in [3.05, 3.63) is 65.4 Å². The van der Waals surface area contributed by atoms with Crippen LogP contribution >= 0.6 is 11.6 Å². The molecule has 0 fully saturated rings. The summed E-state index contributed by atoms with van der Waals surface area (Å²) in [4.78, 5) is 37.5. The topological polar surface area (TPSA) is 125 Å². The maximum atomic E-state index is 12.7. The lowest BCUT2D eigenvalue weighted by Crippen LogP contribution is -2.45. The van der Waals surface area contributed by atoms with E-state index >= 15 is 0 Å². The van der Waals surface area contributed by atoms with Crippen LogP contribution in [-0.2, 0) is 4.79 Å². The molecule has 172 valence electrons. The maximum Gasteiger partial charge on any atom is 0.326 e. The minimum absolute atomic E-state index is 0.0688. The zero-order chi connectivity index (χ0) is 24.1. The van der Waals surface area contributed by atoms with E-state index < -0.39 is 23.9 Å². The van der Waals surface area contributed by atoms with Gasteiger partial charge in [0.1, 0.15) is 11.7 Å². The van der Waals surface area contributed by atoms with Gasteiger partial charge in [-0.2, -0.15) is 0 Å². The minimum atomic E-state index is -1.10. The maximum absolute atomic E-state index is 12.7. The van der Waals surface area contributed by atoms with Crippen LogP contribution in [0, 0.1) is 5.92 Å². The number of carbonyl (C=O) groups is 3. The number of likely N-dealkylation sites (N-methyl/N-ethyl adjacent to an activating group) is 1. The second kappa shape index (κ2) is 10.2. The fourth-order valence-electron chi connectivity index (χ4n) is 3.28. The largest absolute Gasteiger partial charge is 0.480 e. The monoisotopic (exact) mass is 470 g/mol. The number of anilines is 2. The number of para-hydroxylation sites is 1. The van der Waals surface area contributed by atoms with E-state index in [2.05, 4.69) is 15.8 Å². The van der Waals surface area contributed by atoms with Crippen molar-refractivity contribution in [3.8, 4) is 11.3 Å². The lowest BCUT2D eigenvalue weighted by Gasteiger charge is -2.26. The van der Waals surface area contributed by atoms with Gasteiger partial charge in [-0.3, -0.25) is 4.79 Å². The van der Waals surface area contributed by atoms with E-state index in [-0.39, 0.29) is 11.7 Å². The SMILES string of the molecule is CC(C)C(C(=O)O)N(C)C(=O)c1cc(-c2ccc(NC(=O)Nc3ccccc3Cl)cc2)no1. The number of halogens is 1. The second-order valence-corrected chi connectivity index (χ2v) is 8.06. The molecule has 33 heavy (non-hydrogen) atoms. The van der Waals surface area contributed by atoms with Gasteiger partial charge in [-0.25, -0.2) is 9.59 Å². The summed E-state index contributed by atoms with van der Waals surface area (Å²) in [6.07, 6.45) is 0. The molecule has 0 aliphatic heterocycles. The molecule has 0 bridgehead atoms. The van der Waals surface area contributed by atoms with Crippen LogP contribution in [0.15, 0.2) is 59.1 Å². The van der Waals surface area contributed by atoms with Crippen molar-refractivity contribution < 1.29 is 24.0 Å². The van der Waals surface area contributed by atoms with E-state index in [0.29, 0.717) is 27.7 Å². The van der Waals surface area contributed by atoms with Gasteiger partial charge in [0, 0.05) is 24.4 Å². The highest BCUT2D eigenvalue weighted by Crippen LogP contribution is 2.24. The molecule has 3 rings (SSSR count). The number of carbonyl (C=O) groups excluding carboxylic acids is 2. The third-order valence-corrected chi connectivity index (χ3v) is 5.23. The predicted octanol–water partition coefficient (Wildman–Crippen LogP) is 4.82. The number of urea groups is 1. The van der Waals surface area contributed by atoms with Gasteiger partial charge in [0.2, 0.25) is 5.76 Å². The van der Waals surface area contributed by atoms with E-state index in [1.807, 2.05) is 0 Å². The molecule has 1 atom stereocenters. The third-order valence-electron chi connectivity index (χ3n) is 4.90. The first-order chi connectivity index (χ1) is 15.7. The third kappa shape index (κ3) is 5.69. The quantitative estimate of drug-likeness (QED) is 0.454. The van der Waals surface area contributed by atoms with Crippen LogP contribution in [0.3, 0.4) is 0 Å². The molecule has 1 aromatic heterocycles. The molecular weight excluding hydrogens is 448 g/mol.